The second kappa shape index (κ2) is 10.7. The standard InChI is InChI=1S/C22H23ClN4O5S/c1-13(2)8-9-26-21(29)16-6-4-14(23)10-18(16)25-22(26)33-12-20(28)24-17-7-5-15(32-3)11-19(17)27(30)31/h4-7,10-11,13H,8-9,12H2,1-3H3,(H,24,28). The number of hydrogen-bond acceptors (Lipinski definition) is 7. The van der Waals surface area contributed by atoms with Crippen LogP contribution in [0, 0.1) is 16.0 Å². The fourth-order valence-electron chi connectivity index (χ4n) is 3.08. The molecular weight excluding hydrogens is 468 g/mol. The van der Waals surface area contributed by atoms with Gasteiger partial charge in [-0.15, -0.1) is 0 Å². The predicted molar refractivity (Wildman–Crippen MR) is 129 cm³/mol. The van der Waals surface area contributed by atoms with E-state index in [9.17, 15) is 19.7 Å². The summed E-state index contributed by atoms with van der Waals surface area (Å²) in [7, 11) is 1.40. The molecule has 0 atom stereocenters. The van der Waals surface area contributed by atoms with Crippen LogP contribution in [0.4, 0.5) is 11.4 Å². The highest BCUT2D eigenvalue weighted by Crippen LogP contribution is 2.29. The normalized spacial score (nSPS) is 11.1. The summed E-state index contributed by atoms with van der Waals surface area (Å²) in [6.07, 6.45) is 0.762. The number of amides is 1. The zero-order valence-corrected chi connectivity index (χ0v) is 19.9. The van der Waals surface area contributed by atoms with Gasteiger partial charge in [-0.25, -0.2) is 4.98 Å². The number of ether oxygens (including phenoxy) is 1. The molecule has 0 unspecified atom stereocenters. The van der Waals surface area contributed by atoms with Crippen LogP contribution in [-0.2, 0) is 11.3 Å². The first kappa shape index (κ1) is 24.5. The van der Waals surface area contributed by atoms with Crippen LogP contribution in [0.25, 0.3) is 10.9 Å². The van der Waals surface area contributed by atoms with Crippen molar-refractivity contribution in [2.24, 2.45) is 5.92 Å². The molecule has 0 saturated carbocycles. The van der Waals surface area contributed by atoms with E-state index >= 15 is 0 Å². The summed E-state index contributed by atoms with van der Waals surface area (Å²) in [4.78, 5) is 41.0. The van der Waals surface area contributed by atoms with E-state index in [-0.39, 0.29) is 22.7 Å². The van der Waals surface area contributed by atoms with Crippen LogP contribution in [0.3, 0.4) is 0 Å². The highest BCUT2D eigenvalue weighted by molar-refractivity contribution is 7.99. The molecule has 174 valence electrons. The van der Waals surface area contributed by atoms with Gasteiger partial charge in [0.2, 0.25) is 5.91 Å². The predicted octanol–water partition coefficient (Wildman–Crippen LogP) is 4.74. The van der Waals surface area contributed by atoms with Gasteiger partial charge in [0.25, 0.3) is 11.2 Å². The number of benzene rings is 2. The molecule has 0 spiro atoms. The van der Waals surface area contributed by atoms with Crippen molar-refractivity contribution in [3.05, 3.63) is 61.9 Å². The SMILES string of the molecule is COc1ccc(NC(=O)CSc2nc3cc(Cl)ccc3c(=O)n2CCC(C)C)c([N+](=O)[O-])c1. The topological polar surface area (TPSA) is 116 Å². The minimum absolute atomic E-state index is 0.0573. The Balaban J connectivity index is 1.85. The molecule has 0 bridgehead atoms. The average molecular weight is 491 g/mol. The molecule has 1 amide bonds. The summed E-state index contributed by atoms with van der Waals surface area (Å²) in [6.45, 7) is 4.57. The smallest absolute Gasteiger partial charge is 0.296 e. The molecule has 0 fully saturated rings. The molecule has 0 saturated heterocycles. The molecule has 1 N–H and O–H groups in total. The fraction of sp³-hybridized carbons (Fsp3) is 0.318. The van der Waals surface area contributed by atoms with Gasteiger partial charge < -0.3 is 10.1 Å². The van der Waals surface area contributed by atoms with Gasteiger partial charge in [-0.3, -0.25) is 24.3 Å². The summed E-state index contributed by atoms with van der Waals surface area (Å²) in [6, 6.07) is 9.06. The maximum atomic E-state index is 13.1. The molecule has 1 aromatic heterocycles. The molecule has 3 rings (SSSR count). The zero-order chi connectivity index (χ0) is 24.1. The van der Waals surface area contributed by atoms with Crippen LogP contribution in [0.5, 0.6) is 5.75 Å². The number of nitro groups is 1. The summed E-state index contributed by atoms with van der Waals surface area (Å²) < 4.78 is 6.57. The van der Waals surface area contributed by atoms with E-state index in [1.807, 2.05) is 0 Å². The second-order valence-corrected chi connectivity index (χ2v) is 9.05. The molecular formula is C22H23ClN4O5S. The van der Waals surface area contributed by atoms with Gasteiger partial charge in [-0.1, -0.05) is 37.2 Å². The van der Waals surface area contributed by atoms with Crippen molar-refractivity contribution in [3.8, 4) is 5.75 Å². The number of carbonyl (C=O) groups is 1. The Morgan fingerprint density at radius 2 is 2.06 bits per heavy atom. The lowest BCUT2D eigenvalue weighted by molar-refractivity contribution is -0.384. The van der Waals surface area contributed by atoms with Gasteiger partial charge in [0.15, 0.2) is 5.16 Å². The lowest BCUT2D eigenvalue weighted by atomic mass is 10.1. The summed E-state index contributed by atoms with van der Waals surface area (Å²) >= 11 is 7.15. The maximum Gasteiger partial charge on any atom is 0.296 e. The summed E-state index contributed by atoms with van der Waals surface area (Å²) in [5.41, 5.74) is 0.0230. The van der Waals surface area contributed by atoms with Crippen molar-refractivity contribution >= 4 is 51.5 Å². The quantitative estimate of drug-likeness (QED) is 0.199. The van der Waals surface area contributed by atoms with E-state index in [1.165, 1.54) is 25.3 Å². The first-order valence-corrected chi connectivity index (χ1v) is 11.5. The van der Waals surface area contributed by atoms with Crippen LogP contribution < -0.4 is 15.6 Å². The van der Waals surface area contributed by atoms with Crippen LogP contribution >= 0.6 is 23.4 Å². The second-order valence-electron chi connectivity index (χ2n) is 7.67. The number of nitro benzene ring substituents is 1. The van der Waals surface area contributed by atoms with Crippen molar-refractivity contribution in [3.63, 3.8) is 0 Å². The molecule has 9 nitrogen and oxygen atoms in total. The minimum atomic E-state index is -0.594. The summed E-state index contributed by atoms with van der Waals surface area (Å²) in [5, 5.41) is 15.2. The Bertz CT molecular complexity index is 1260. The van der Waals surface area contributed by atoms with Gasteiger partial charge in [-0.2, -0.15) is 0 Å². The van der Waals surface area contributed by atoms with E-state index in [2.05, 4.69) is 24.1 Å². The number of hydrogen-bond donors (Lipinski definition) is 1. The highest BCUT2D eigenvalue weighted by Gasteiger charge is 2.19. The lowest BCUT2D eigenvalue weighted by Crippen LogP contribution is -2.25. The van der Waals surface area contributed by atoms with Crippen molar-refractivity contribution in [2.75, 3.05) is 18.2 Å². The van der Waals surface area contributed by atoms with E-state index in [1.54, 1.807) is 22.8 Å². The largest absolute Gasteiger partial charge is 0.496 e. The number of methoxy groups -OCH3 is 1. The third kappa shape index (κ3) is 6.02. The van der Waals surface area contributed by atoms with Crippen molar-refractivity contribution in [2.45, 2.75) is 32.0 Å². The Kier molecular flexibility index (Phi) is 7.93. The fourth-order valence-corrected chi connectivity index (χ4v) is 4.07. The number of nitrogens with zero attached hydrogens (tertiary/aromatic N) is 3. The van der Waals surface area contributed by atoms with Crippen LogP contribution in [-0.4, -0.2) is 33.2 Å². The van der Waals surface area contributed by atoms with Gasteiger partial charge in [-0.05, 0) is 42.7 Å². The number of rotatable bonds is 9. The van der Waals surface area contributed by atoms with Crippen molar-refractivity contribution in [1.82, 2.24) is 9.55 Å². The number of thioether (sulfide) groups is 1. The van der Waals surface area contributed by atoms with Gasteiger partial charge in [0.05, 0.1) is 34.8 Å². The minimum Gasteiger partial charge on any atom is -0.496 e. The zero-order valence-electron chi connectivity index (χ0n) is 18.3. The Hall–Kier alpha value is -3.11. The van der Waals surface area contributed by atoms with Gasteiger partial charge in [0.1, 0.15) is 11.4 Å². The van der Waals surface area contributed by atoms with Crippen LogP contribution in [0.1, 0.15) is 20.3 Å². The molecule has 33 heavy (non-hydrogen) atoms. The number of carbonyl (C=O) groups excluding carboxylic acids is 1. The first-order valence-electron chi connectivity index (χ1n) is 10.1. The molecule has 1 heterocycles. The maximum absolute atomic E-state index is 13.1. The Morgan fingerprint density at radius 1 is 1.30 bits per heavy atom. The van der Waals surface area contributed by atoms with Crippen molar-refractivity contribution in [1.29, 1.82) is 0 Å². The molecule has 0 radical (unpaired) electrons. The first-order chi connectivity index (χ1) is 15.7. The third-order valence-electron chi connectivity index (χ3n) is 4.82. The average Bonchev–Trinajstić information content (AvgIpc) is 2.76. The monoisotopic (exact) mass is 490 g/mol. The number of aromatic nitrogens is 2. The lowest BCUT2D eigenvalue weighted by Gasteiger charge is -2.14. The van der Waals surface area contributed by atoms with Crippen molar-refractivity contribution < 1.29 is 14.5 Å². The molecule has 11 heteroatoms. The number of fused-ring (bicyclic) bond motifs is 1. The molecule has 0 aliphatic carbocycles. The summed E-state index contributed by atoms with van der Waals surface area (Å²) in [5.74, 6) is 0.115. The van der Waals surface area contributed by atoms with E-state index in [0.717, 1.165) is 18.2 Å². The highest BCUT2D eigenvalue weighted by atomic mass is 35.5. The van der Waals surface area contributed by atoms with E-state index < -0.39 is 10.8 Å². The Morgan fingerprint density at radius 3 is 2.73 bits per heavy atom. The van der Waals surface area contributed by atoms with E-state index in [4.69, 9.17) is 16.3 Å². The molecule has 0 aliphatic heterocycles. The third-order valence-corrected chi connectivity index (χ3v) is 6.03. The van der Waals surface area contributed by atoms with Crippen LogP contribution in [0.2, 0.25) is 5.02 Å². The van der Waals surface area contributed by atoms with Gasteiger partial charge in [0, 0.05) is 11.6 Å². The number of anilines is 1. The molecule has 0 aliphatic rings. The van der Waals surface area contributed by atoms with Gasteiger partial charge >= 0.3 is 0 Å². The Labute approximate surface area is 199 Å². The number of nitrogens with one attached hydrogen (secondary N) is 1. The molecule has 3 aromatic rings. The number of halogens is 1. The van der Waals surface area contributed by atoms with Crippen LogP contribution in [0.15, 0.2) is 46.3 Å². The molecule has 2 aromatic carbocycles. The van der Waals surface area contributed by atoms with E-state index in [0.29, 0.717) is 39.3 Å².